The minimum atomic E-state index is -0.533. The summed E-state index contributed by atoms with van der Waals surface area (Å²) in [7, 11) is 0. The maximum Gasteiger partial charge on any atom is 0.351 e. The van der Waals surface area contributed by atoms with E-state index in [2.05, 4.69) is 43.6 Å². The lowest BCUT2D eigenvalue weighted by Crippen LogP contribution is -2.25. The SMILES string of the molecule is CC(C)Cc1ccc(CCc2cc(C(=O)c3cccs3)c(Cl)c3c2N(c2ccc(-c4ccc5cc4C(=O)c4ccccc4C5=O)cc2)CC(=O)ON3)cc1. The molecule has 0 fully saturated rings. The van der Waals surface area contributed by atoms with Crippen molar-refractivity contribution in [3.63, 3.8) is 0 Å². The fraction of sp³-hybridized carbons (Fsp3) is 0.156. The molecule has 2 bridgehead atoms. The number of benzene rings is 5. The smallest absolute Gasteiger partial charge is 0.341 e. The van der Waals surface area contributed by atoms with Crippen molar-refractivity contribution < 1.29 is 24.0 Å². The zero-order chi connectivity index (χ0) is 37.5. The molecule has 9 heteroatoms. The van der Waals surface area contributed by atoms with Crippen LogP contribution < -0.4 is 10.4 Å². The average Bonchev–Trinajstić information content (AvgIpc) is 3.65. The van der Waals surface area contributed by atoms with Crippen molar-refractivity contribution in [3.8, 4) is 11.1 Å². The summed E-state index contributed by atoms with van der Waals surface area (Å²) in [6.07, 6.45) is 2.24. The van der Waals surface area contributed by atoms with Crippen LogP contribution in [0.3, 0.4) is 0 Å². The van der Waals surface area contributed by atoms with Gasteiger partial charge in [0.2, 0.25) is 5.78 Å². The number of carbonyl (C=O) groups excluding carboxylic acids is 4. The van der Waals surface area contributed by atoms with E-state index in [1.165, 1.54) is 16.9 Å². The van der Waals surface area contributed by atoms with Crippen molar-refractivity contribution in [3.05, 3.63) is 169 Å². The summed E-state index contributed by atoms with van der Waals surface area (Å²) in [5.41, 5.74) is 11.2. The second-order valence-corrected chi connectivity index (χ2v) is 15.3. The monoisotopic (exact) mass is 750 g/mol. The molecule has 1 aliphatic heterocycles. The van der Waals surface area contributed by atoms with Gasteiger partial charge in [0.05, 0.1) is 15.6 Å². The Labute approximate surface area is 322 Å². The summed E-state index contributed by atoms with van der Waals surface area (Å²) in [5, 5.41) is 2.00. The minimum Gasteiger partial charge on any atom is -0.341 e. The Balaban J connectivity index is 1.19. The highest BCUT2D eigenvalue weighted by molar-refractivity contribution is 7.12. The van der Waals surface area contributed by atoms with Gasteiger partial charge in [0, 0.05) is 33.5 Å². The third-order valence-corrected chi connectivity index (χ3v) is 11.2. The van der Waals surface area contributed by atoms with Crippen LogP contribution in [0.1, 0.15) is 77.6 Å². The molecule has 0 saturated heterocycles. The molecule has 0 amide bonds. The number of hydrogen-bond donors (Lipinski definition) is 1. The molecule has 1 N–H and O–H groups in total. The zero-order valence-corrected chi connectivity index (χ0v) is 31.2. The maximum atomic E-state index is 13.8. The molecule has 0 radical (unpaired) electrons. The number of anilines is 3. The van der Waals surface area contributed by atoms with Gasteiger partial charge in [-0.15, -0.1) is 11.3 Å². The van der Waals surface area contributed by atoms with E-state index in [0.717, 1.165) is 23.1 Å². The molecule has 1 aromatic heterocycles. The van der Waals surface area contributed by atoms with Gasteiger partial charge in [-0.25, -0.2) is 10.3 Å². The predicted molar refractivity (Wildman–Crippen MR) is 214 cm³/mol. The zero-order valence-electron chi connectivity index (χ0n) is 29.7. The molecule has 268 valence electrons. The van der Waals surface area contributed by atoms with E-state index in [4.69, 9.17) is 16.4 Å². The normalized spacial score (nSPS) is 13.5. The van der Waals surface area contributed by atoms with Gasteiger partial charge in [-0.1, -0.05) is 104 Å². The summed E-state index contributed by atoms with van der Waals surface area (Å²) in [6.45, 7) is 4.28. The van der Waals surface area contributed by atoms with Crippen LogP contribution in [-0.4, -0.2) is 29.9 Å². The summed E-state index contributed by atoms with van der Waals surface area (Å²) in [6, 6.07) is 33.7. The van der Waals surface area contributed by atoms with Crippen molar-refractivity contribution >= 4 is 63.3 Å². The molecule has 5 aromatic carbocycles. The predicted octanol–water partition coefficient (Wildman–Crippen LogP) is 10.1. The van der Waals surface area contributed by atoms with Crippen LogP contribution in [0, 0.1) is 5.92 Å². The number of carbonyl (C=O) groups is 4. The lowest BCUT2D eigenvalue weighted by molar-refractivity contribution is -0.138. The Hall–Kier alpha value is -5.83. The Morgan fingerprint density at radius 3 is 2.19 bits per heavy atom. The fourth-order valence-corrected chi connectivity index (χ4v) is 8.24. The Bertz CT molecular complexity index is 2450. The molecular weight excluding hydrogens is 716 g/mol. The second-order valence-electron chi connectivity index (χ2n) is 14.0. The number of aryl methyl sites for hydroxylation is 2. The van der Waals surface area contributed by atoms with Crippen LogP contribution in [0.4, 0.5) is 17.1 Å². The Morgan fingerprint density at radius 1 is 0.778 bits per heavy atom. The lowest BCUT2D eigenvalue weighted by atomic mass is 9.93. The van der Waals surface area contributed by atoms with Gasteiger partial charge < -0.3 is 9.74 Å². The molecule has 6 aromatic rings. The first-order chi connectivity index (χ1) is 26.2. The van der Waals surface area contributed by atoms with Gasteiger partial charge in [0.25, 0.3) is 0 Å². The topological polar surface area (TPSA) is 92.8 Å². The molecule has 2 heterocycles. The number of thiophene rings is 1. The summed E-state index contributed by atoms with van der Waals surface area (Å²) in [4.78, 5) is 61.7. The van der Waals surface area contributed by atoms with Crippen molar-refractivity contribution in [1.29, 1.82) is 0 Å². The number of hydrogen-bond acceptors (Lipinski definition) is 8. The first-order valence-electron chi connectivity index (χ1n) is 17.8. The highest BCUT2D eigenvalue weighted by Crippen LogP contribution is 2.45. The van der Waals surface area contributed by atoms with E-state index in [1.54, 1.807) is 42.5 Å². The van der Waals surface area contributed by atoms with Gasteiger partial charge in [0.15, 0.2) is 11.6 Å². The van der Waals surface area contributed by atoms with E-state index >= 15 is 0 Å². The average molecular weight is 751 g/mol. The standard InChI is InChI=1S/C45H35ClN2O5S/c1-26(2)22-28-11-9-27(10-12-28)13-14-30-23-37(45(52)38-8-5-21-54-38)40(46)41-42(30)48(25-39(49)53-47-41)32-18-15-29(16-19-32)33-20-17-31-24-36(33)44(51)35-7-4-3-6-34(35)43(31)50/h3-12,15-21,23-24,26,47H,13-14,22,25H2,1-2H3. The molecule has 0 unspecified atom stereocenters. The van der Waals surface area contributed by atoms with Crippen LogP contribution in [-0.2, 0) is 28.9 Å². The van der Waals surface area contributed by atoms with Crippen LogP contribution in [0.2, 0.25) is 5.02 Å². The van der Waals surface area contributed by atoms with Crippen molar-refractivity contribution in [2.45, 2.75) is 33.1 Å². The number of fused-ring (bicyclic) bond motifs is 4. The third kappa shape index (κ3) is 6.63. The minimum absolute atomic E-state index is 0.123. The molecule has 54 heavy (non-hydrogen) atoms. The molecular formula is C45H35ClN2O5S. The van der Waals surface area contributed by atoms with Crippen LogP contribution in [0.25, 0.3) is 11.1 Å². The van der Waals surface area contributed by atoms with Gasteiger partial charge in [-0.05, 0) is 88.7 Å². The van der Waals surface area contributed by atoms with E-state index in [1.807, 2.05) is 52.7 Å². The van der Waals surface area contributed by atoms with Crippen molar-refractivity contribution in [1.82, 2.24) is 0 Å². The van der Waals surface area contributed by atoms with Crippen molar-refractivity contribution in [2.24, 2.45) is 5.92 Å². The Kier molecular flexibility index (Phi) is 9.48. The van der Waals surface area contributed by atoms with Crippen LogP contribution >= 0.6 is 22.9 Å². The molecule has 7 nitrogen and oxygen atoms in total. The molecule has 2 aliphatic rings. The molecule has 8 rings (SSSR count). The summed E-state index contributed by atoms with van der Waals surface area (Å²) < 4.78 is 0. The van der Waals surface area contributed by atoms with Gasteiger partial charge in [-0.2, -0.15) is 0 Å². The number of rotatable bonds is 9. The molecule has 0 atom stereocenters. The molecule has 0 spiro atoms. The van der Waals surface area contributed by atoms with E-state index in [-0.39, 0.29) is 28.9 Å². The molecule has 1 aliphatic carbocycles. The number of nitrogens with one attached hydrogen (secondary N) is 1. The lowest BCUT2D eigenvalue weighted by Gasteiger charge is -2.27. The highest BCUT2D eigenvalue weighted by Gasteiger charge is 2.31. The maximum absolute atomic E-state index is 13.8. The summed E-state index contributed by atoms with van der Waals surface area (Å²) in [5.74, 6) is -0.586. The first kappa shape index (κ1) is 35.2. The highest BCUT2D eigenvalue weighted by atomic mass is 35.5. The largest absolute Gasteiger partial charge is 0.351 e. The second kappa shape index (κ2) is 14.5. The van der Waals surface area contributed by atoms with Gasteiger partial charge in [-0.3, -0.25) is 14.4 Å². The Morgan fingerprint density at radius 2 is 1.48 bits per heavy atom. The van der Waals surface area contributed by atoms with E-state index in [9.17, 15) is 19.2 Å². The van der Waals surface area contributed by atoms with Gasteiger partial charge in [0.1, 0.15) is 12.2 Å². The first-order valence-corrected chi connectivity index (χ1v) is 19.1. The van der Waals surface area contributed by atoms with Crippen LogP contribution in [0.5, 0.6) is 0 Å². The molecule has 0 saturated carbocycles. The number of halogens is 1. The van der Waals surface area contributed by atoms with Crippen molar-refractivity contribution in [2.75, 3.05) is 16.9 Å². The number of nitrogens with zero attached hydrogens (tertiary/aromatic N) is 1. The van der Waals surface area contributed by atoms with E-state index in [0.29, 0.717) is 74.1 Å². The van der Waals surface area contributed by atoms with E-state index < -0.39 is 5.97 Å². The fourth-order valence-electron chi connectivity index (χ4n) is 7.29. The third-order valence-electron chi connectivity index (χ3n) is 9.91. The number of ketones is 3. The summed E-state index contributed by atoms with van der Waals surface area (Å²) >= 11 is 8.37. The van der Waals surface area contributed by atoms with Gasteiger partial charge >= 0.3 is 5.97 Å². The van der Waals surface area contributed by atoms with Crippen LogP contribution in [0.15, 0.2) is 115 Å². The quantitative estimate of drug-likeness (QED) is 0.147.